The molecule has 0 bridgehead atoms. The third-order valence-electron chi connectivity index (χ3n) is 5.33. The van der Waals surface area contributed by atoms with Gasteiger partial charge in [0.05, 0.1) is 0 Å². The van der Waals surface area contributed by atoms with E-state index in [0.29, 0.717) is 13.0 Å². The second-order valence-electron chi connectivity index (χ2n) is 7.57. The molecular formula is C24H26Cl2F2N2O3. The summed E-state index contributed by atoms with van der Waals surface area (Å²) in [5.74, 6) is -1.68. The minimum Gasteiger partial charge on any atom is -0.423 e. The Morgan fingerprint density at radius 3 is 2.30 bits per heavy atom. The molecule has 0 unspecified atom stereocenters. The molecule has 1 fully saturated rings. The molecule has 0 N–H and O–H groups in total. The molecule has 0 atom stereocenters. The van der Waals surface area contributed by atoms with Gasteiger partial charge in [-0.2, -0.15) is 0 Å². The number of ether oxygens (including phenoxy) is 1. The minimum atomic E-state index is -0.837. The molecule has 0 saturated carbocycles. The number of nitrogens with zero attached hydrogens (tertiary/aromatic N) is 2. The molecule has 2 aromatic carbocycles. The average Bonchev–Trinajstić information content (AvgIpc) is 3.24. The number of furan rings is 1. The van der Waals surface area contributed by atoms with Crippen molar-refractivity contribution >= 4 is 30.6 Å². The second kappa shape index (κ2) is 12.7. The van der Waals surface area contributed by atoms with Crippen LogP contribution in [-0.4, -0.2) is 48.3 Å². The fourth-order valence-corrected chi connectivity index (χ4v) is 3.59. The van der Waals surface area contributed by atoms with Crippen molar-refractivity contribution in [2.75, 3.05) is 32.7 Å². The number of hydrogen-bond donors (Lipinski definition) is 0. The maximum Gasteiger partial charge on any atom is 0.290 e. The van der Waals surface area contributed by atoms with Gasteiger partial charge in [-0.15, -0.1) is 24.8 Å². The number of piperazine rings is 1. The first-order chi connectivity index (χ1) is 15.1. The fourth-order valence-electron chi connectivity index (χ4n) is 3.59. The summed E-state index contributed by atoms with van der Waals surface area (Å²) < 4.78 is 37.4. The van der Waals surface area contributed by atoms with Crippen LogP contribution >= 0.6 is 24.8 Å². The second-order valence-corrected chi connectivity index (χ2v) is 7.57. The van der Waals surface area contributed by atoms with E-state index in [1.807, 2.05) is 6.07 Å². The van der Waals surface area contributed by atoms with Gasteiger partial charge in [-0.05, 0) is 23.8 Å². The van der Waals surface area contributed by atoms with Crippen LogP contribution in [0.1, 0.15) is 22.5 Å². The Hall–Kier alpha value is -2.45. The van der Waals surface area contributed by atoms with Gasteiger partial charge in [0.25, 0.3) is 5.95 Å². The summed E-state index contributed by atoms with van der Waals surface area (Å²) in [5, 5.41) is 0. The number of ketones is 1. The molecule has 0 radical (unpaired) electrons. The number of halogens is 4. The van der Waals surface area contributed by atoms with Crippen molar-refractivity contribution in [2.24, 2.45) is 0 Å². The molecule has 33 heavy (non-hydrogen) atoms. The van der Waals surface area contributed by atoms with E-state index < -0.39 is 11.6 Å². The lowest BCUT2D eigenvalue weighted by molar-refractivity contribution is 0.0893. The van der Waals surface area contributed by atoms with Crippen LogP contribution < -0.4 is 4.74 Å². The van der Waals surface area contributed by atoms with Gasteiger partial charge in [0.2, 0.25) is 0 Å². The van der Waals surface area contributed by atoms with E-state index in [1.165, 1.54) is 23.8 Å². The van der Waals surface area contributed by atoms with E-state index in [-0.39, 0.29) is 48.1 Å². The molecule has 1 aromatic heterocycles. The van der Waals surface area contributed by atoms with Gasteiger partial charge >= 0.3 is 0 Å². The average molecular weight is 499 g/mol. The molecule has 5 nitrogen and oxygen atoms in total. The van der Waals surface area contributed by atoms with Crippen LogP contribution in [0, 0.1) is 11.6 Å². The van der Waals surface area contributed by atoms with Crippen molar-refractivity contribution in [2.45, 2.75) is 13.0 Å². The highest BCUT2D eigenvalue weighted by Crippen LogP contribution is 2.27. The summed E-state index contributed by atoms with van der Waals surface area (Å²) in [6.07, 6.45) is 0.330. The first-order valence-corrected chi connectivity index (χ1v) is 10.3. The first-order valence-electron chi connectivity index (χ1n) is 10.3. The summed E-state index contributed by atoms with van der Waals surface area (Å²) in [4.78, 5) is 17.1. The summed E-state index contributed by atoms with van der Waals surface area (Å²) in [6, 6.07) is 16.4. The number of carbonyl (C=O) groups excluding carboxylic acids is 1. The number of carbonyl (C=O) groups is 1. The van der Waals surface area contributed by atoms with Gasteiger partial charge in [-0.3, -0.25) is 9.69 Å². The van der Waals surface area contributed by atoms with Crippen molar-refractivity contribution in [1.82, 2.24) is 9.80 Å². The lowest BCUT2D eigenvalue weighted by atomic mass is 10.2. The summed E-state index contributed by atoms with van der Waals surface area (Å²) >= 11 is 0. The van der Waals surface area contributed by atoms with Gasteiger partial charge in [0.1, 0.15) is 5.82 Å². The quantitative estimate of drug-likeness (QED) is 0.379. The molecular weight excluding hydrogens is 473 g/mol. The van der Waals surface area contributed by atoms with Crippen LogP contribution in [0.15, 0.2) is 65.1 Å². The number of rotatable bonds is 8. The molecule has 3 aromatic rings. The van der Waals surface area contributed by atoms with Crippen LogP contribution in [0.3, 0.4) is 0 Å². The van der Waals surface area contributed by atoms with Crippen molar-refractivity contribution in [3.8, 4) is 11.7 Å². The largest absolute Gasteiger partial charge is 0.423 e. The van der Waals surface area contributed by atoms with Crippen LogP contribution in [-0.2, 0) is 6.54 Å². The highest BCUT2D eigenvalue weighted by Gasteiger charge is 2.19. The molecule has 4 rings (SSSR count). The predicted molar refractivity (Wildman–Crippen MR) is 127 cm³/mol. The Balaban J connectivity index is 0.00000193. The molecule has 0 amide bonds. The van der Waals surface area contributed by atoms with E-state index in [0.717, 1.165) is 44.9 Å². The minimum absolute atomic E-state index is 0. The zero-order valence-corrected chi connectivity index (χ0v) is 19.5. The Kier molecular flexibility index (Phi) is 10.3. The highest BCUT2D eigenvalue weighted by molar-refractivity contribution is 5.93. The lowest BCUT2D eigenvalue weighted by Crippen LogP contribution is -2.46. The third-order valence-corrected chi connectivity index (χ3v) is 5.33. The number of Topliss-reactive ketones (excluding diaryl/α,β-unsaturated/α-hetero) is 1. The Morgan fingerprint density at radius 2 is 1.61 bits per heavy atom. The molecule has 2 heterocycles. The molecule has 0 aliphatic carbocycles. The van der Waals surface area contributed by atoms with Crippen molar-refractivity contribution in [3.63, 3.8) is 0 Å². The normalized spacial score (nSPS) is 14.2. The molecule has 1 aliphatic rings. The van der Waals surface area contributed by atoms with Crippen LogP contribution in [0.4, 0.5) is 8.78 Å². The van der Waals surface area contributed by atoms with E-state index >= 15 is 0 Å². The third kappa shape index (κ3) is 7.54. The zero-order valence-electron chi connectivity index (χ0n) is 17.9. The van der Waals surface area contributed by atoms with Gasteiger partial charge < -0.3 is 14.1 Å². The molecule has 0 spiro atoms. The van der Waals surface area contributed by atoms with E-state index in [4.69, 9.17) is 9.15 Å². The van der Waals surface area contributed by atoms with E-state index in [9.17, 15) is 13.6 Å². The van der Waals surface area contributed by atoms with Crippen molar-refractivity contribution in [3.05, 3.63) is 83.6 Å². The monoisotopic (exact) mass is 498 g/mol. The Bertz CT molecular complexity index is 1030. The molecule has 1 saturated heterocycles. The SMILES string of the molecule is Cl.Cl.O=C(CCN1CCN(Cc2ccccc2)CC1)c1ccc(Oc2ccc(F)cc2F)o1. The van der Waals surface area contributed by atoms with Gasteiger partial charge in [0.15, 0.2) is 23.1 Å². The summed E-state index contributed by atoms with van der Waals surface area (Å²) in [6.45, 7) is 5.35. The Labute approximate surface area is 204 Å². The molecule has 9 heteroatoms. The highest BCUT2D eigenvalue weighted by atomic mass is 35.5. The predicted octanol–water partition coefficient (Wildman–Crippen LogP) is 5.58. The maximum absolute atomic E-state index is 13.7. The zero-order chi connectivity index (χ0) is 21.6. The van der Waals surface area contributed by atoms with Crippen molar-refractivity contribution < 1.29 is 22.7 Å². The standard InChI is InChI=1S/C24H24F2N2O3.2ClH/c25-19-6-7-22(20(26)16-19)30-24-9-8-23(31-24)21(29)10-11-27-12-14-28(15-13-27)17-18-4-2-1-3-5-18;;/h1-9,16H,10-15,17H2;2*1H. The molecule has 1 aliphatic heterocycles. The smallest absolute Gasteiger partial charge is 0.290 e. The summed E-state index contributed by atoms with van der Waals surface area (Å²) in [7, 11) is 0. The fraction of sp³-hybridized carbons (Fsp3) is 0.292. The summed E-state index contributed by atoms with van der Waals surface area (Å²) in [5.41, 5.74) is 1.31. The van der Waals surface area contributed by atoms with Crippen LogP contribution in [0.5, 0.6) is 11.7 Å². The maximum atomic E-state index is 13.7. The molecule has 178 valence electrons. The van der Waals surface area contributed by atoms with Crippen molar-refractivity contribution in [1.29, 1.82) is 0 Å². The first kappa shape index (κ1) is 26.8. The Morgan fingerprint density at radius 1 is 0.909 bits per heavy atom. The van der Waals surface area contributed by atoms with Gasteiger partial charge in [-0.1, -0.05) is 30.3 Å². The topological polar surface area (TPSA) is 45.9 Å². The van der Waals surface area contributed by atoms with Crippen LogP contribution in [0.2, 0.25) is 0 Å². The number of benzene rings is 2. The number of hydrogen-bond acceptors (Lipinski definition) is 5. The van der Waals surface area contributed by atoms with E-state index in [2.05, 4.69) is 34.1 Å². The van der Waals surface area contributed by atoms with Crippen LogP contribution in [0.25, 0.3) is 0 Å². The van der Waals surface area contributed by atoms with Gasteiger partial charge in [-0.25, -0.2) is 8.78 Å². The van der Waals surface area contributed by atoms with E-state index in [1.54, 1.807) is 0 Å². The van der Waals surface area contributed by atoms with Gasteiger partial charge in [0, 0.05) is 57.8 Å². The lowest BCUT2D eigenvalue weighted by Gasteiger charge is -2.34.